The molecule has 2 rings (SSSR count). The number of benzene rings is 2. The van der Waals surface area contributed by atoms with Crippen LogP contribution in [0.25, 0.3) is 0 Å². The smallest absolute Gasteiger partial charge is 0.345 e. The summed E-state index contributed by atoms with van der Waals surface area (Å²) in [6.45, 7) is 1.93. The summed E-state index contributed by atoms with van der Waals surface area (Å²) < 4.78 is 15.6. The third-order valence-corrected chi connectivity index (χ3v) is 3.45. The van der Waals surface area contributed by atoms with Gasteiger partial charge in [0, 0.05) is 6.07 Å². The van der Waals surface area contributed by atoms with Crippen LogP contribution < -0.4 is 9.47 Å². The monoisotopic (exact) mass is 356 g/mol. The fourth-order valence-electron chi connectivity index (χ4n) is 2.19. The zero-order valence-electron chi connectivity index (χ0n) is 14.2. The lowest BCUT2D eigenvalue weighted by Crippen LogP contribution is -2.09. The largest absolute Gasteiger partial charge is 0.493 e. The molecule has 0 N–H and O–H groups in total. The van der Waals surface area contributed by atoms with Gasteiger partial charge >= 0.3 is 5.97 Å². The van der Waals surface area contributed by atoms with Gasteiger partial charge in [0.05, 0.1) is 36.3 Å². The molecule has 0 spiro atoms. The minimum absolute atomic E-state index is 0.0861. The molecule has 0 aliphatic rings. The van der Waals surface area contributed by atoms with E-state index in [9.17, 15) is 14.9 Å². The molecule has 0 aliphatic heterocycles. The van der Waals surface area contributed by atoms with Crippen LogP contribution in [0.15, 0.2) is 36.4 Å². The van der Waals surface area contributed by atoms with E-state index in [1.54, 1.807) is 31.2 Å². The Balaban J connectivity index is 2.25. The lowest BCUT2D eigenvalue weighted by molar-refractivity contribution is -0.385. The quantitative estimate of drug-likeness (QED) is 0.425. The number of esters is 1. The van der Waals surface area contributed by atoms with Gasteiger partial charge in [-0.05, 0) is 24.6 Å². The van der Waals surface area contributed by atoms with Crippen molar-refractivity contribution < 1.29 is 23.9 Å². The molecule has 0 unspecified atom stereocenters. The summed E-state index contributed by atoms with van der Waals surface area (Å²) in [5, 5.41) is 20.1. The number of nitrogens with zero attached hydrogens (tertiary/aromatic N) is 2. The molecule has 8 heteroatoms. The minimum atomic E-state index is -0.859. The molecule has 0 radical (unpaired) electrons. The maximum Gasteiger partial charge on any atom is 0.345 e. The van der Waals surface area contributed by atoms with Gasteiger partial charge in [-0.3, -0.25) is 10.1 Å². The molecule has 0 aromatic heterocycles. The molecule has 0 fully saturated rings. The fraction of sp³-hybridized carbons (Fsp3) is 0.222. The Hall–Kier alpha value is -3.60. The van der Waals surface area contributed by atoms with Crippen molar-refractivity contribution in [1.82, 2.24) is 0 Å². The highest BCUT2D eigenvalue weighted by atomic mass is 16.6. The van der Waals surface area contributed by atoms with E-state index in [4.69, 9.17) is 19.5 Å². The number of carbonyl (C=O) groups excluding carboxylic acids is 1. The molecule has 26 heavy (non-hydrogen) atoms. The Morgan fingerprint density at radius 2 is 1.92 bits per heavy atom. The van der Waals surface area contributed by atoms with Crippen LogP contribution in [-0.4, -0.2) is 24.6 Å². The van der Waals surface area contributed by atoms with Gasteiger partial charge in [-0.2, -0.15) is 5.26 Å². The Labute approximate surface area is 149 Å². The molecule has 0 atom stereocenters. The van der Waals surface area contributed by atoms with Gasteiger partial charge in [0.2, 0.25) is 0 Å². The summed E-state index contributed by atoms with van der Waals surface area (Å²) in [5.74, 6) is -0.490. The summed E-state index contributed by atoms with van der Waals surface area (Å²) in [6.07, 6.45) is 0. The Bertz CT molecular complexity index is 855. The van der Waals surface area contributed by atoms with Crippen LogP contribution in [0.4, 0.5) is 5.69 Å². The standard InChI is InChI=1S/C18H16N2O6/c1-3-25-17-9-15(20(22)23)14(8-16(17)24-2)18(21)26-11-13-6-4-12(10-19)5-7-13/h4-9H,3,11H2,1-2H3. The number of methoxy groups -OCH3 is 1. The number of hydrogen-bond acceptors (Lipinski definition) is 7. The van der Waals surface area contributed by atoms with Crippen LogP contribution in [0.5, 0.6) is 11.5 Å². The Morgan fingerprint density at radius 1 is 1.23 bits per heavy atom. The number of nitro groups is 1. The highest BCUT2D eigenvalue weighted by molar-refractivity contribution is 5.95. The Kier molecular flexibility index (Phi) is 6.11. The van der Waals surface area contributed by atoms with Gasteiger partial charge < -0.3 is 14.2 Å². The zero-order valence-corrected chi connectivity index (χ0v) is 14.2. The van der Waals surface area contributed by atoms with E-state index in [0.717, 1.165) is 6.07 Å². The highest BCUT2D eigenvalue weighted by Gasteiger charge is 2.25. The summed E-state index contributed by atoms with van der Waals surface area (Å²) in [5.41, 5.74) is 0.466. The molecule has 0 saturated heterocycles. The van der Waals surface area contributed by atoms with Crippen LogP contribution in [0, 0.1) is 21.4 Å². The molecule has 8 nitrogen and oxygen atoms in total. The predicted octanol–water partition coefficient (Wildman–Crippen LogP) is 3.23. The number of hydrogen-bond donors (Lipinski definition) is 0. The summed E-state index contributed by atoms with van der Waals surface area (Å²) in [4.78, 5) is 22.9. The van der Waals surface area contributed by atoms with Crippen molar-refractivity contribution in [2.24, 2.45) is 0 Å². The molecule has 0 saturated carbocycles. The van der Waals surface area contributed by atoms with E-state index in [1.807, 2.05) is 6.07 Å². The second-order valence-electron chi connectivity index (χ2n) is 5.10. The van der Waals surface area contributed by atoms with E-state index in [1.165, 1.54) is 13.2 Å². The molecule has 0 bridgehead atoms. The van der Waals surface area contributed by atoms with Crippen LogP contribution in [0.1, 0.15) is 28.4 Å². The van der Waals surface area contributed by atoms with Crippen molar-refractivity contribution in [3.63, 3.8) is 0 Å². The average Bonchev–Trinajstić information content (AvgIpc) is 2.66. The first-order chi connectivity index (χ1) is 12.5. The molecular formula is C18H16N2O6. The Morgan fingerprint density at radius 3 is 2.46 bits per heavy atom. The predicted molar refractivity (Wildman–Crippen MR) is 91.1 cm³/mol. The summed E-state index contributed by atoms with van der Waals surface area (Å²) in [6, 6.07) is 10.8. The summed E-state index contributed by atoms with van der Waals surface area (Å²) in [7, 11) is 1.37. The van der Waals surface area contributed by atoms with Crippen molar-refractivity contribution in [2.75, 3.05) is 13.7 Å². The molecule has 0 aliphatic carbocycles. The third-order valence-electron chi connectivity index (χ3n) is 3.45. The number of nitro benzene ring substituents is 1. The lowest BCUT2D eigenvalue weighted by Gasteiger charge is -2.11. The van der Waals surface area contributed by atoms with Crippen molar-refractivity contribution in [3.8, 4) is 17.6 Å². The van der Waals surface area contributed by atoms with Gasteiger partial charge in [-0.25, -0.2) is 4.79 Å². The number of nitriles is 1. The highest BCUT2D eigenvalue weighted by Crippen LogP contribution is 2.35. The summed E-state index contributed by atoms with van der Waals surface area (Å²) >= 11 is 0. The van der Waals surface area contributed by atoms with Crippen molar-refractivity contribution in [1.29, 1.82) is 5.26 Å². The minimum Gasteiger partial charge on any atom is -0.493 e. The van der Waals surface area contributed by atoms with E-state index in [2.05, 4.69) is 0 Å². The molecule has 0 heterocycles. The molecule has 2 aromatic carbocycles. The number of ether oxygens (including phenoxy) is 3. The van der Waals surface area contributed by atoms with Gasteiger partial charge in [0.15, 0.2) is 11.5 Å². The fourth-order valence-corrected chi connectivity index (χ4v) is 2.19. The van der Waals surface area contributed by atoms with Gasteiger partial charge in [0.25, 0.3) is 5.69 Å². The SMILES string of the molecule is CCOc1cc([N+](=O)[O-])c(C(=O)OCc2ccc(C#N)cc2)cc1OC. The van der Waals surface area contributed by atoms with Crippen LogP contribution in [-0.2, 0) is 11.3 Å². The van der Waals surface area contributed by atoms with Gasteiger partial charge in [-0.1, -0.05) is 12.1 Å². The molecule has 0 amide bonds. The van der Waals surface area contributed by atoms with E-state index in [0.29, 0.717) is 11.1 Å². The second-order valence-corrected chi connectivity index (χ2v) is 5.10. The van der Waals surface area contributed by atoms with Crippen LogP contribution in [0.3, 0.4) is 0 Å². The molecular weight excluding hydrogens is 340 g/mol. The van der Waals surface area contributed by atoms with E-state index >= 15 is 0 Å². The normalized spacial score (nSPS) is 9.88. The molecule has 134 valence electrons. The topological polar surface area (TPSA) is 112 Å². The second kappa shape index (κ2) is 8.48. The average molecular weight is 356 g/mol. The number of carbonyl (C=O) groups is 1. The first-order valence-electron chi connectivity index (χ1n) is 7.65. The molecule has 2 aromatic rings. The van der Waals surface area contributed by atoms with Crippen LogP contribution >= 0.6 is 0 Å². The first-order valence-corrected chi connectivity index (χ1v) is 7.65. The van der Waals surface area contributed by atoms with Gasteiger partial charge in [-0.15, -0.1) is 0 Å². The lowest BCUT2D eigenvalue weighted by atomic mass is 10.1. The van der Waals surface area contributed by atoms with Gasteiger partial charge in [0.1, 0.15) is 12.2 Å². The maximum atomic E-state index is 12.3. The van der Waals surface area contributed by atoms with E-state index < -0.39 is 16.6 Å². The maximum absolute atomic E-state index is 12.3. The first kappa shape index (κ1) is 18.7. The number of rotatable bonds is 7. The van der Waals surface area contributed by atoms with Crippen molar-refractivity contribution in [2.45, 2.75) is 13.5 Å². The third kappa shape index (κ3) is 4.27. The van der Waals surface area contributed by atoms with Crippen LogP contribution in [0.2, 0.25) is 0 Å². The van der Waals surface area contributed by atoms with Crippen molar-refractivity contribution >= 4 is 11.7 Å². The van der Waals surface area contributed by atoms with Crippen molar-refractivity contribution in [3.05, 3.63) is 63.2 Å². The van der Waals surface area contributed by atoms with E-state index in [-0.39, 0.29) is 30.3 Å². The zero-order chi connectivity index (χ0) is 19.1.